The van der Waals surface area contributed by atoms with Crippen LogP contribution in [-0.2, 0) is 6.54 Å². The van der Waals surface area contributed by atoms with Gasteiger partial charge in [0.1, 0.15) is 0 Å². The van der Waals surface area contributed by atoms with Crippen LogP contribution in [0, 0.1) is 0 Å². The van der Waals surface area contributed by atoms with Crippen molar-refractivity contribution in [3.8, 4) is 0 Å². The fraction of sp³-hybridized carbons (Fsp3) is 0.600. The minimum absolute atomic E-state index is 0.0373. The molecule has 100 valence electrons. The molecule has 2 atom stereocenters. The number of hydrogen-bond donors (Lipinski definition) is 2. The Labute approximate surface area is 110 Å². The number of rotatable bonds is 3. The van der Waals surface area contributed by atoms with Crippen molar-refractivity contribution in [3.63, 3.8) is 0 Å². The molecule has 1 saturated heterocycles. The fourth-order valence-corrected chi connectivity index (χ4v) is 3.12. The molecule has 18 heavy (non-hydrogen) atoms. The van der Waals surface area contributed by atoms with Crippen molar-refractivity contribution in [2.75, 3.05) is 6.61 Å². The van der Waals surface area contributed by atoms with Crippen LogP contribution < -0.4 is 5.73 Å². The van der Waals surface area contributed by atoms with Gasteiger partial charge in [-0.25, -0.2) is 0 Å². The first-order chi connectivity index (χ1) is 8.40. The molecule has 2 unspecified atom stereocenters. The second kappa shape index (κ2) is 4.65. The second-order valence-corrected chi connectivity index (χ2v) is 6.04. The number of aliphatic hydroxyl groups is 1. The van der Waals surface area contributed by atoms with Crippen molar-refractivity contribution in [1.82, 2.24) is 4.90 Å². The Morgan fingerprint density at radius 3 is 2.44 bits per heavy atom. The number of hydrogen-bond acceptors (Lipinski definition) is 3. The van der Waals surface area contributed by atoms with E-state index in [1.165, 1.54) is 5.56 Å². The van der Waals surface area contributed by atoms with Gasteiger partial charge in [0.05, 0.1) is 12.1 Å². The summed E-state index contributed by atoms with van der Waals surface area (Å²) in [5.74, 6) is 0. The van der Waals surface area contributed by atoms with Crippen LogP contribution in [-0.4, -0.2) is 33.7 Å². The SMILES string of the molecule is CC1CC(N)(CO)C(C)(C)N1Cc1ccccc1. The van der Waals surface area contributed by atoms with Crippen LogP contribution in [0.1, 0.15) is 32.8 Å². The van der Waals surface area contributed by atoms with E-state index in [1.54, 1.807) is 0 Å². The molecule has 1 aromatic carbocycles. The highest BCUT2D eigenvalue weighted by atomic mass is 16.3. The third-order valence-corrected chi connectivity index (χ3v) is 4.61. The predicted octanol–water partition coefficient (Wildman–Crippen LogP) is 1.75. The van der Waals surface area contributed by atoms with Gasteiger partial charge in [0.15, 0.2) is 0 Å². The molecular weight excluding hydrogens is 224 g/mol. The third kappa shape index (κ3) is 2.07. The van der Waals surface area contributed by atoms with Crippen LogP contribution >= 0.6 is 0 Å². The van der Waals surface area contributed by atoms with Gasteiger partial charge in [0.2, 0.25) is 0 Å². The van der Waals surface area contributed by atoms with E-state index in [0.29, 0.717) is 6.04 Å². The Balaban J connectivity index is 2.23. The summed E-state index contributed by atoms with van der Waals surface area (Å²) in [4.78, 5) is 2.40. The van der Waals surface area contributed by atoms with Crippen molar-refractivity contribution >= 4 is 0 Å². The lowest BCUT2D eigenvalue weighted by Crippen LogP contribution is -2.61. The van der Waals surface area contributed by atoms with Crippen molar-refractivity contribution in [2.24, 2.45) is 5.73 Å². The van der Waals surface area contributed by atoms with Crippen LogP contribution in [0.5, 0.6) is 0 Å². The number of benzene rings is 1. The molecule has 1 heterocycles. The molecule has 1 aliphatic heterocycles. The van der Waals surface area contributed by atoms with Crippen molar-refractivity contribution in [3.05, 3.63) is 35.9 Å². The molecule has 1 aliphatic rings. The molecule has 0 aromatic heterocycles. The largest absolute Gasteiger partial charge is 0.394 e. The van der Waals surface area contributed by atoms with Gasteiger partial charge in [-0.2, -0.15) is 0 Å². The Hall–Kier alpha value is -0.900. The first-order valence-corrected chi connectivity index (χ1v) is 6.61. The molecule has 1 aromatic rings. The molecule has 3 nitrogen and oxygen atoms in total. The lowest BCUT2D eigenvalue weighted by atomic mass is 9.81. The smallest absolute Gasteiger partial charge is 0.0629 e. The highest BCUT2D eigenvalue weighted by Gasteiger charge is 2.53. The average molecular weight is 248 g/mol. The maximum Gasteiger partial charge on any atom is 0.0629 e. The van der Waals surface area contributed by atoms with Crippen molar-refractivity contribution in [2.45, 2.75) is 50.9 Å². The molecule has 3 heteroatoms. The Kier molecular flexibility index (Phi) is 3.49. The van der Waals surface area contributed by atoms with Crippen LogP contribution in [0.4, 0.5) is 0 Å². The fourth-order valence-electron chi connectivity index (χ4n) is 3.12. The van der Waals surface area contributed by atoms with E-state index in [1.807, 2.05) is 6.07 Å². The summed E-state index contributed by atoms with van der Waals surface area (Å²) >= 11 is 0. The summed E-state index contributed by atoms with van der Waals surface area (Å²) in [6.07, 6.45) is 0.837. The number of likely N-dealkylation sites (tertiary alicyclic amines) is 1. The zero-order valence-electron chi connectivity index (χ0n) is 11.6. The first kappa shape index (κ1) is 13.5. The van der Waals surface area contributed by atoms with E-state index in [-0.39, 0.29) is 12.1 Å². The first-order valence-electron chi connectivity index (χ1n) is 6.61. The summed E-state index contributed by atoms with van der Waals surface area (Å²) in [6, 6.07) is 10.8. The van der Waals surface area contributed by atoms with E-state index in [9.17, 15) is 5.11 Å². The topological polar surface area (TPSA) is 49.5 Å². The molecule has 0 amide bonds. The maximum absolute atomic E-state index is 9.61. The van der Waals surface area contributed by atoms with Gasteiger partial charge >= 0.3 is 0 Å². The molecule has 1 fully saturated rings. The lowest BCUT2D eigenvalue weighted by molar-refractivity contribution is 0.0609. The summed E-state index contributed by atoms with van der Waals surface area (Å²) < 4.78 is 0. The van der Waals surface area contributed by atoms with Crippen molar-refractivity contribution in [1.29, 1.82) is 0 Å². The highest BCUT2D eigenvalue weighted by molar-refractivity contribution is 5.19. The molecule has 0 saturated carbocycles. The second-order valence-electron chi connectivity index (χ2n) is 6.04. The monoisotopic (exact) mass is 248 g/mol. The minimum Gasteiger partial charge on any atom is -0.394 e. The average Bonchev–Trinajstić information content (AvgIpc) is 2.51. The predicted molar refractivity (Wildman–Crippen MR) is 74.1 cm³/mol. The summed E-state index contributed by atoms with van der Waals surface area (Å²) in [5.41, 5.74) is 6.96. The van der Waals surface area contributed by atoms with Gasteiger partial charge in [-0.15, -0.1) is 0 Å². The van der Waals surface area contributed by atoms with E-state index in [4.69, 9.17) is 5.73 Å². The molecular formula is C15H24N2O. The summed E-state index contributed by atoms with van der Waals surface area (Å²) in [6.45, 7) is 7.38. The molecule has 0 radical (unpaired) electrons. The van der Waals surface area contributed by atoms with Crippen LogP contribution in [0.3, 0.4) is 0 Å². The molecule has 0 bridgehead atoms. The Bertz CT molecular complexity index is 404. The van der Waals surface area contributed by atoms with Gasteiger partial charge in [0.25, 0.3) is 0 Å². The zero-order chi connectivity index (χ0) is 13.4. The van der Waals surface area contributed by atoms with Crippen molar-refractivity contribution < 1.29 is 5.11 Å². The van der Waals surface area contributed by atoms with E-state index in [2.05, 4.69) is 49.9 Å². The number of nitrogens with zero attached hydrogens (tertiary/aromatic N) is 1. The van der Waals surface area contributed by atoms with E-state index >= 15 is 0 Å². The quantitative estimate of drug-likeness (QED) is 0.857. The standard InChI is InChI=1S/C15H24N2O/c1-12-9-15(16,11-18)14(2,3)17(12)10-13-7-5-4-6-8-13/h4-8,12,18H,9-11,16H2,1-3H3. The molecule has 2 rings (SSSR count). The maximum atomic E-state index is 9.61. The van der Waals surface area contributed by atoms with Crippen LogP contribution in [0.15, 0.2) is 30.3 Å². The summed E-state index contributed by atoms with van der Waals surface area (Å²) in [7, 11) is 0. The van der Waals surface area contributed by atoms with Gasteiger partial charge in [-0.3, -0.25) is 4.90 Å². The Morgan fingerprint density at radius 2 is 1.94 bits per heavy atom. The van der Waals surface area contributed by atoms with Gasteiger partial charge in [0, 0.05) is 18.1 Å². The highest BCUT2D eigenvalue weighted by Crippen LogP contribution is 2.40. The molecule has 3 N–H and O–H groups in total. The minimum atomic E-state index is -0.513. The lowest BCUT2D eigenvalue weighted by Gasteiger charge is -2.42. The zero-order valence-corrected chi connectivity index (χ0v) is 11.6. The van der Waals surface area contributed by atoms with E-state index in [0.717, 1.165) is 13.0 Å². The third-order valence-electron chi connectivity index (χ3n) is 4.61. The Morgan fingerprint density at radius 1 is 1.33 bits per heavy atom. The van der Waals surface area contributed by atoms with Crippen LogP contribution in [0.25, 0.3) is 0 Å². The number of aliphatic hydroxyl groups excluding tert-OH is 1. The molecule has 0 spiro atoms. The van der Waals surface area contributed by atoms with Gasteiger partial charge < -0.3 is 10.8 Å². The number of nitrogens with two attached hydrogens (primary N) is 1. The van der Waals surface area contributed by atoms with Gasteiger partial charge in [-0.1, -0.05) is 30.3 Å². The molecule has 0 aliphatic carbocycles. The summed E-state index contributed by atoms with van der Waals surface area (Å²) in [5, 5.41) is 9.61. The van der Waals surface area contributed by atoms with E-state index < -0.39 is 5.54 Å². The van der Waals surface area contributed by atoms with Crippen LogP contribution in [0.2, 0.25) is 0 Å². The normalized spacial score (nSPS) is 31.7. The van der Waals surface area contributed by atoms with Gasteiger partial charge in [-0.05, 0) is 32.8 Å².